The van der Waals surface area contributed by atoms with Crippen LogP contribution in [0.25, 0.3) is 0 Å². The molecule has 0 saturated heterocycles. The molecule has 3 rings (SSSR count). The van der Waals surface area contributed by atoms with Crippen LogP contribution in [0.15, 0.2) is 30.3 Å². The first-order valence-corrected chi connectivity index (χ1v) is 9.68. The van der Waals surface area contributed by atoms with E-state index in [1.165, 1.54) is 23.3 Å². The lowest BCUT2D eigenvalue weighted by Crippen LogP contribution is -2.34. The van der Waals surface area contributed by atoms with Crippen LogP contribution in [-0.2, 0) is 28.8 Å². The van der Waals surface area contributed by atoms with Crippen LogP contribution in [0.2, 0.25) is 0 Å². The molecular weight excluding hydrogens is 368 g/mol. The van der Waals surface area contributed by atoms with Gasteiger partial charge in [0, 0.05) is 11.3 Å². The number of amides is 1. The number of ether oxygens (including phenoxy) is 1. The largest absolute Gasteiger partial charge is 0.465 e. The number of thiocarbonyl (C=S) groups is 1. The maximum atomic E-state index is 12.1. The van der Waals surface area contributed by atoms with E-state index in [0.29, 0.717) is 23.4 Å². The van der Waals surface area contributed by atoms with Gasteiger partial charge in [-0.25, -0.2) is 4.79 Å². The van der Waals surface area contributed by atoms with Gasteiger partial charge in [-0.3, -0.25) is 4.79 Å². The van der Waals surface area contributed by atoms with Gasteiger partial charge in [0.05, 0.1) is 12.7 Å². The average molecular weight is 389 g/mol. The number of benzene rings is 1. The lowest BCUT2D eigenvalue weighted by molar-refractivity contribution is -0.119. The molecule has 1 aromatic heterocycles. The molecule has 0 bridgehead atoms. The zero-order valence-corrected chi connectivity index (χ0v) is 16.1. The smallest absolute Gasteiger partial charge is 0.341 e. The van der Waals surface area contributed by atoms with E-state index < -0.39 is 0 Å². The molecule has 1 aliphatic carbocycles. The predicted molar refractivity (Wildman–Crippen MR) is 107 cm³/mol. The number of methoxy groups -OCH3 is 1. The third-order valence-corrected chi connectivity index (χ3v) is 5.69. The fourth-order valence-corrected chi connectivity index (χ4v) is 4.60. The van der Waals surface area contributed by atoms with Crippen molar-refractivity contribution in [3.8, 4) is 0 Å². The summed E-state index contributed by atoms with van der Waals surface area (Å²) in [4.78, 5) is 25.4. The highest BCUT2D eigenvalue weighted by atomic mass is 32.1. The highest BCUT2D eigenvalue weighted by Gasteiger charge is 2.27. The Morgan fingerprint density at radius 2 is 2.00 bits per heavy atom. The van der Waals surface area contributed by atoms with Crippen molar-refractivity contribution in [2.45, 2.75) is 32.1 Å². The van der Waals surface area contributed by atoms with Crippen LogP contribution in [0.4, 0.5) is 5.00 Å². The molecule has 0 atom stereocenters. The Labute approximate surface area is 161 Å². The molecule has 1 heterocycles. The molecule has 7 heteroatoms. The topological polar surface area (TPSA) is 67.4 Å². The van der Waals surface area contributed by atoms with Gasteiger partial charge in [-0.15, -0.1) is 11.3 Å². The second kappa shape index (κ2) is 8.42. The van der Waals surface area contributed by atoms with Crippen molar-refractivity contribution in [2.24, 2.45) is 0 Å². The Morgan fingerprint density at radius 1 is 1.23 bits per heavy atom. The maximum absolute atomic E-state index is 12.1. The summed E-state index contributed by atoms with van der Waals surface area (Å²) in [6.45, 7) is 0. The second-order valence-corrected chi connectivity index (χ2v) is 7.55. The normalized spacial score (nSPS) is 12.3. The van der Waals surface area contributed by atoms with Crippen LogP contribution < -0.4 is 10.6 Å². The quantitative estimate of drug-likeness (QED) is 0.606. The molecule has 0 unspecified atom stereocenters. The SMILES string of the molecule is COC(=O)c1c(NC(=S)NC(=O)CCc2ccccc2)sc2c1CCC2. The highest BCUT2D eigenvalue weighted by molar-refractivity contribution is 7.80. The van der Waals surface area contributed by atoms with Gasteiger partial charge in [-0.1, -0.05) is 30.3 Å². The zero-order chi connectivity index (χ0) is 18.5. The van der Waals surface area contributed by atoms with Crippen LogP contribution in [0.1, 0.15) is 39.2 Å². The van der Waals surface area contributed by atoms with Gasteiger partial charge in [-0.05, 0) is 49.0 Å². The molecule has 0 saturated carbocycles. The van der Waals surface area contributed by atoms with Crippen molar-refractivity contribution in [2.75, 3.05) is 12.4 Å². The number of carbonyl (C=O) groups excluding carboxylic acids is 2. The third kappa shape index (κ3) is 4.28. The minimum Gasteiger partial charge on any atom is -0.465 e. The van der Waals surface area contributed by atoms with E-state index in [4.69, 9.17) is 17.0 Å². The lowest BCUT2D eigenvalue weighted by Gasteiger charge is -2.10. The Hall–Kier alpha value is -2.25. The van der Waals surface area contributed by atoms with E-state index in [2.05, 4.69) is 10.6 Å². The summed E-state index contributed by atoms with van der Waals surface area (Å²) in [7, 11) is 1.37. The summed E-state index contributed by atoms with van der Waals surface area (Å²) in [6, 6.07) is 9.81. The van der Waals surface area contributed by atoms with Crippen LogP contribution in [0, 0.1) is 0 Å². The van der Waals surface area contributed by atoms with Gasteiger partial charge in [0.25, 0.3) is 0 Å². The van der Waals surface area contributed by atoms with Crippen LogP contribution >= 0.6 is 23.6 Å². The summed E-state index contributed by atoms with van der Waals surface area (Å²) in [6.07, 6.45) is 3.87. The number of hydrogen-bond donors (Lipinski definition) is 2. The first-order chi connectivity index (χ1) is 12.6. The van der Waals surface area contributed by atoms with Crippen molar-refractivity contribution >= 4 is 45.5 Å². The Morgan fingerprint density at radius 3 is 2.73 bits per heavy atom. The molecule has 0 aliphatic heterocycles. The van der Waals surface area contributed by atoms with E-state index in [0.717, 1.165) is 30.4 Å². The van der Waals surface area contributed by atoms with E-state index in [1.54, 1.807) is 0 Å². The number of nitrogens with one attached hydrogen (secondary N) is 2. The Kier molecular flexibility index (Phi) is 6.00. The molecule has 26 heavy (non-hydrogen) atoms. The zero-order valence-electron chi connectivity index (χ0n) is 14.5. The minimum atomic E-state index is -0.370. The summed E-state index contributed by atoms with van der Waals surface area (Å²) >= 11 is 6.75. The maximum Gasteiger partial charge on any atom is 0.341 e. The highest BCUT2D eigenvalue weighted by Crippen LogP contribution is 2.39. The number of rotatable bonds is 5. The van der Waals surface area contributed by atoms with Crippen molar-refractivity contribution in [1.82, 2.24) is 5.32 Å². The second-order valence-electron chi connectivity index (χ2n) is 6.04. The molecule has 136 valence electrons. The molecule has 0 radical (unpaired) electrons. The van der Waals surface area contributed by atoms with Gasteiger partial charge in [-0.2, -0.15) is 0 Å². The molecule has 0 spiro atoms. The lowest BCUT2D eigenvalue weighted by atomic mass is 10.1. The Bertz CT molecular complexity index is 831. The van der Waals surface area contributed by atoms with Gasteiger partial charge in [0.1, 0.15) is 5.00 Å². The van der Waals surface area contributed by atoms with Crippen LogP contribution in [0.5, 0.6) is 0 Å². The molecule has 2 N–H and O–H groups in total. The third-order valence-electron chi connectivity index (χ3n) is 4.27. The monoisotopic (exact) mass is 388 g/mol. The van der Waals surface area contributed by atoms with Gasteiger partial charge in [0.2, 0.25) is 5.91 Å². The van der Waals surface area contributed by atoms with E-state index >= 15 is 0 Å². The standard InChI is InChI=1S/C19H20N2O3S2/c1-24-18(23)16-13-8-5-9-14(13)26-17(16)21-19(25)20-15(22)11-10-12-6-3-2-4-7-12/h2-4,6-7H,5,8-11H2,1H3,(H2,20,21,22,25). The van der Waals surface area contributed by atoms with Gasteiger partial charge < -0.3 is 15.4 Å². The first kappa shape index (κ1) is 18.5. The number of carbonyl (C=O) groups is 2. The van der Waals surface area contributed by atoms with E-state index in [9.17, 15) is 9.59 Å². The fourth-order valence-electron chi connectivity index (χ4n) is 3.04. The number of thiophene rings is 1. The number of aryl methyl sites for hydroxylation is 2. The molecule has 5 nitrogen and oxygen atoms in total. The molecular formula is C19H20N2O3S2. The molecule has 1 amide bonds. The summed E-state index contributed by atoms with van der Waals surface area (Å²) in [5.41, 5.74) is 2.69. The van der Waals surface area contributed by atoms with Crippen molar-refractivity contribution in [3.05, 3.63) is 51.9 Å². The van der Waals surface area contributed by atoms with Crippen LogP contribution in [0.3, 0.4) is 0 Å². The van der Waals surface area contributed by atoms with Gasteiger partial charge >= 0.3 is 5.97 Å². The number of hydrogen-bond acceptors (Lipinski definition) is 5. The number of anilines is 1. The number of esters is 1. The van der Waals surface area contributed by atoms with Gasteiger partial charge in [0.15, 0.2) is 5.11 Å². The molecule has 2 aromatic rings. The molecule has 1 aliphatic rings. The van der Waals surface area contributed by atoms with E-state index in [-0.39, 0.29) is 17.0 Å². The minimum absolute atomic E-state index is 0.157. The average Bonchev–Trinajstić information content (AvgIpc) is 3.20. The molecule has 0 fully saturated rings. The van der Waals surface area contributed by atoms with Crippen molar-refractivity contribution in [3.63, 3.8) is 0 Å². The number of fused-ring (bicyclic) bond motifs is 1. The van der Waals surface area contributed by atoms with Crippen molar-refractivity contribution < 1.29 is 14.3 Å². The summed E-state index contributed by atoms with van der Waals surface area (Å²) in [5, 5.41) is 6.54. The van der Waals surface area contributed by atoms with Crippen LogP contribution in [-0.4, -0.2) is 24.1 Å². The Balaban J connectivity index is 1.60. The summed E-state index contributed by atoms with van der Waals surface area (Å²) < 4.78 is 4.91. The summed E-state index contributed by atoms with van der Waals surface area (Å²) in [5.74, 6) is -0.528. The fraction of sp³-hybridized carbons (Fsp3) is 0.316. The van der Waals surface area contributed by atoms with Crippen molar-refractivity contribution in [1.29, 1.82) is 0 Å². The molecule has 1 aromatic carbocycles. The first-order valence-electron chi connectivity index (χ1n) is 8.46. The van der Waals surface area contributed by atoms with E-state index in [1.807, 2.05) is 30.3 Å². The predicted octanol–water partition coefficient (Wildman–Crippen LogP) is 3.47.